The fraction of sp³-hybridized carbons (Fsp3) is 0.467. The molecule has 124 valence electrons. The van der Waals surface area contributed by atoms with Crippen molar-refractivity contribution < 1.29 is 20.1 Å². The first-order valence-electron chi connectivity index (χ1n) is 7.27. The molecule has 2 aromatic heterocycles. The number of aromatic amines is 1. The SMILES string of the molecule is Cc1n[nH]c(C)c1-c1cncc(O[C@@H]2SC[C@@H](O)[C@H](O)[C@H]2O)c1. The summed E-state index contributed by atoms with van der Waals surface area (Å²) in [7, 11) is 0. The van der Waals surface area contributed by atoms with Gasteiger partial charge in [0.15, 0.2) is 5.44 Å². The van der Waals surface area contributed by atoms with Crippen molar-refractivity contribution in [1.29, 1.82) is 0 Å². The highest BCUT2D eigenvalue weighted by atomic mass is 32.2. The van der Waals surface area contributed by atoms with Crippen molar-refractivity contribution in [2.45, 2.75) is 37.6 Å². The van der Waals surface area contributed by atoms with Gasteiger partial charge in [-0.2, -0.15) is 5.10 Å². The Morgan fingerprint density at radius 2 is 2.00 bits per heavy atom. The lowest BCUT2D eigenvalue weighted by Crippen LogP contribution is -2.50. The lowest BCUT2D eigenvalue weighted by atomic mass is 10.1. The van der Waals surface area contributed by atoms with Gasteiger partial charge in [-0.15, -0.1) is 11.8 Å². The topological polar surface area (TPSA) is 111 Å². The van der Waals surface area contributed by atoms with Crippen molar-refractivity contribution in [1.82, 2.24) is 15.2 Å². The van der Waals surface area contributed by atoms with Crippen LogP contribution >= 0.6 is 11.8 Å². The summed E-state index contributed by atoms with van der Waals surface area (Å²) in [5, 5.41) is 36.4. The molecule has 1 aliphatic heterocycles. The number of hydrogen-bond acceptors (Lipinski definition) is 7. The molecule has 2 aromatic rings. The summed E-state index contributed by atoms with van der Waals surface area (Å²) < 4.78 is 5.75. The number of nitrogens with one attached hydrogen (secondary N) is 1. The largest absolute Gasteiger partial charge is 0.475 e. The zero-order valence-corrected chi connectivity index (χ0v) is 13.6. The summed E-state index contributed by atoms with van der Waals surface area (Å²) >= 11 is 1.26. The fourth-order valence-electron chi connectivity index (χ4n) is 2.61. The second-order valence-electron chi connectivity index (χ2n) is 5.59. The van der Waals surface area contributed by atoms with E-state index in [0.29, 0.717) is 11.5 Å². The fourth-order valence-corrected chi connectivity index (χ4v) is 3.73. The minimum absolute atomic E-state index is 0.302. The minimum atomic E-state index is -1.21. The van der Waals surface area contributed by atoms with Gasteiger partial charge < -0.3 is 20.1 Å². The molecule has 0 unspecified atom stereocenters. The van der Waals surface area contributed by atoms with Gasteiger partial charge in [0.1, 0.15) is 18.0 Å². The Labute approximate surface area is 137 Å². The molecule has 7 nitrogen and oxygen atoms in total. The molecule has 0 aromatic carbocycles. The number of hydrogen-bond donors (Lipinski definition) is 4. The molecular formula is C15H19N3O4S. The van der Waals surface area contributed by atoms with Crippen molar-refractivity contribution in [3.05, 3.63) is 29.8 Å². The Morgan fingerprint density at radius 3 is 2.70 bits per heavy atom. The van der Waals surface area contributed by atoms with Crippen LogP contribution in [0.3, 0.4) is 0 Å². The van der Waals surface area contributed by atoms with Gasteiger partial charge in [-0.05, 0) is 19.9 Å². The molecule has 0 spiro atoms. The first-order chi connectivity index (χ1) is 11.0. The van der Waals surface area contributed by atoms with Gasteiger partial charge in [0.2, 0.25) is 0 Å². The summed E-state index contributed by atoms with van der Waals surface area (Å²) in [6, 6.07) is 1.82. The number of aromatic nitrogens is 3. The molecular weight excluding hydrogens is 318 g/mol. The number of aryl methyl sites for hydroxylation is 2. The Bertz CT molecular complexity index is 674. The van der Waals surface area contributed by atoms with Crippen molar-refractivity contribution in [3.8, 4) is 16.9 Å². The van der Waals surface area contributed by atoms with Gasteiger partial charge in [-0.25, -0.2) is 0 Å². The molecule has 4 N–H and O–H groups in total. The molecule has 3 rings (SSSR count). The van der Waals surface area contributed by atoms with Gasteiger partial charge in [0, 0.05) is 28.8 Å². The minimum Gasteiger partial charge on any atom is -0.475 e. The third kappa shape index (κ3) is 3.20. The van der Waals surface area contributed by atoms with E-state index >= 15 is 0 Å². The van der Waals surface area contributed by atoms with Crippen molar-refractivity contribution in [2.24, 2.45) is 0 Å². The zero-order valence-electron chi connectivity index (χ0n) is 12.8. The quantitative estimate of drug-likeness (QED) is 0.650. The van der Waals surface area contributed by atoms with Crippen molar-refractivity contribution in [3.63, 3.8) is 0 Å². The third-order valence-electron chi connectivity index (χ3n) is 3.84. The first kappa shape index (κ1) is 16.3. The van der Waals surface area contributed by atoms with Crippen LogP contribution in [0.4, 0.5) is 0 Å². The van der Waals surface area contributed by atoms with E-state index < -0.39 is 23.7 Å². The lowest BCUT2D eigenvalue weighted by Gasteiger charge is -2.34. The smallest absolute Gasteiger partial charge is 0.173 e. The zero-order chi connectivity index (χ0) is 16.6. The molecule has 4 atom stereocenters. The monoisotopic (exact) mass is 337 g/mol. The molecule has 3 heterocycles. The standard InChI is InChI=1S/C15H19N3O4S/c1-7-12(8(2)18-17-7)9-3-10(5-16-4-9)22-15-14(21)13(20)11(19)6-23-15/h3-5,11,13-15,19-21H,6H2,1-2H3,(H,17,18)/t11-,13+,14-,15-/m1/s1. The highest BCUT2D eigenvalue weighted by Gasteiger charge is 2.38. The van der Waals surface area contributed by atoms with Crippen LogP contribution in [-0.2, 0) is 0 Å². The van der Waals surface area contributed by atoms with E-state index in [1.54, 1.807) is 12.4 Å². The average Bonchev–Trinajstić information content (AvgIpc) is 2.87. The summed E-state index contributed by atoms with van der Waals surface area (Å²) in [5.41, 5.74) is 2.98. The van der Waals surface area contributed by atoms with E-state index in [-0.39, 0.29) is 0 Å². The van der Waals surface area contributed by atoms with Crippen LogP contribution in [0.25, 0.3) is 11.1 Å². The maximum atomic E-state index is 10.0. The molecule has 0 aliphatic carbocycles. The van der Waals surface area contributed by atoms with Crippen LogP contribution in [0.1, 0.15) is 11.4 Å². The summed E-state index contributed by atoms with van der Waals surface area (Å²) in [6.07, 6.45) is -0.0456. The Hall–Kier alpha value is -1.61. The van der Waals surface area contributed by atoms with Crippen LogP contribution in [0.5, 0.6) is 5.75 Å². The number of thioether (sulfide) groups is 1. The number of aliphatic hydroxyl groups is 3. The predicted octanol–water partition coefficient (Wildman–Crippen LogP) is 0.623. The van der Waals surface area contributed by atoms with Gasteiger partial charge in [0.25, 0.3) is 0 Å². The Balaban J connectivity index is 1.81. The van der Waals surface area contributed by atoms with Crippen molar-refractivity contribution >= 4 is 11.8 Å². The van der Waals surface area contributed by atoms with Crippen LogP contribution in [0, 0.1) is 13.8 Å². The number of nitrogens with zero attached hydrogens (tertiary/aromatic N) is 2. The molecule has 23 heavy (non-hydrogen) atoms. The number of rotatable bonds is 3. The number of ether oxygens (including phenoxy) is 1. The normalized spacial score (nSPS) is 27.9. The van der Waals surface area contributed by atoms with Crippen LogP contribution in [-0.4, -0.2) is 60.0 Å². The molecule has 0 bridgehead atoms. The van der Waals surface area contributed by atoms with Gasteiger partial charge in [-0.1, -0.05) is 0 Å². The van der Waals surface area contributed by atoms with Gasteiger partial charge in [0.05, 0.1) is 18.0 Å². The predicted molar refractivity (Wildman–Crippen MR) is 86.2 cm³/mol. The van der Waals surface area contributed by atoms with E-state index in [2.05, 4.69) is 15.2 Å². The van der Waals surface area contributed by atoms with E-state index in [1.807, 2.05) is 19.9 Å². The van der Waals surface area contributed by atoms with Gasteiger partial charge in [-0.3, -0.25) is 10.1 Å². The second-order valence-corrected chi connectivity index (χ2v) is 6.72. The molecule has 0 radical (unpaired) electrons. The molecule has 8 heteroatoms. The highest BCUT2D eigenvalue weighted by Crippen LogP contribution is 2.31. The van der Waals surface area contributed by atoms with Gasteiger partial charge >= 0.3 is 0 Å². The lowest BCUT2D eigenvalue weighted by molar-refractivity contribution is -0.0786. The maximum Gasteiger partial charge on any atom is 0.173 e. The van der Waals surface area contributed by atoms with Crippen LogP contribution < -0.4 is 4.74 Å². The molecule has 0 saturated carbocycles. The molecule has 1 saturated heterocycles. The highest BCUT2D eigenvalue weighted by molar-refractivity contribution is 7.99. The van der Waals surface area contributed by atoms with Crippen molar-refractivity contribution in [2.75, 3.05) is 5.75 Å². The van der Waals surface area contributed by atoms with Crippen LogP contribution in [0.2, 0.25) is 0 Å². The molecule has 1 fully saturated rings. The third-order valence-corrected chi connectivity index (χ3v) is 5.07. The summed E-state index contributed by atoms with van der Waals surface area (Å²) in [6.45, 7) is 3.84. The molecule has 1 aliphatic rings. The Kier molecular flexibility index (Phi) is 4.58. The Morgan fingerprint density at radius 1 is 1.22 bits per heavy atom. The number of aliphatic hydroxyl groups excluding tert-OH is 3. The van der Waals surface area contributed by atoms with E-state index in [0.717, 1.165) is 22.5 Å². The number of pyridine rings is 1. The first-order valence-corrected chi connectivity index (χ1v) is 8.31. The summed E-state index contributed by atoms with van der Waals surface area (Å²) in [4.78, 5) is 4.18. The number of H-pyrrole nitrogens is 1. The second kappa shape index (κ2) is 6.48. The summed E-state index contributed by atoms with van der Waals surface area (Å²) in [5.74, 6) is 0.790. The van der Waals surface area contributed by atoms with E-state index in [9.17, 15) is 15.3 Å². The van der Waals surface area contributed by atoms with E-state index in [4.69, 9.17) is 4.74 Å². The molecule has 0 amide bonds. The average molecular weight is 337 g/mol. The van der Waals surface area contributed by atoms with Crippen LogP contribution in [0.15, 0.2) is 18.5 Å². The maximum absolute atomic E-state index is 10.0. The van der Waals surface area contributed by atoms with E-state index in [1.165, 1.54) is 11.8 Å².